The third kappa shape index (κ3) is 3.57. The predicted molar refractivity (Wildman–Crippen MR) is 97.7 cm³/mol. The largest absolute Gasteiger partial charge is 0.261 e. The molecule has 0 radical (unpaired) electrons. The number of halogens is 1. The average Bonchev–Trinajstić information content (AvgIpc) is 2.56. The molecule has 0 unspecified atom stereocenters. The Morgan fingerprint density at radius 3 is 2.25 bits per heavy atom. The Hall–Kier alpha value is -2.81. The lowest BCUT2D eigenvalue weighted by Gasteiger charge is -1.99. The summed E-state index contributed by atoms with van der Waals surface area (Å²) < 4.78 is 13.1. The minimum Gasteiger partial charge on any atom is -0.261 e. The number of benzene rings is 2. The van der Waals surface area contributed by atoms with Gasteiger partial charge in [-0.3, -0.25) is 9.97 Å². The van der Waals surface area contributed by atoms with Crippen LogP contribution in [0.5, 0.6) is 0 Å². The Kier molecular flexibility index (Phi) is 4.52. The number of fused-ring (bicyclic) bond motifs is 2. The molecule has 0 aliphatic carbocycles. The molecule has 2 aromatic heterocycles. The summed E-state index contributed by atoms with van der Waals surface area (Å²) in [6, 6.07) is 14.1. The zero-order valence-electron chi connectivity index (χ0n) is 14.0. The second-order valence-corrected chi connectivity index (χ2v) is 6.05. The molecular weight excluding hydrogens is 299 g/mol. The van der Waals surface area contributed by atoms with Gasteiger partial charge in [0.1, 0.15) is 5.82 Å². The van der Waals surface area contributed by atoms with Gasteiger partial charge < -0.3 is 0 Å². The second-order valence-electron chi connectivity index (χ2n) is 6.05. The molecule has 0 spiro atoms. The van der Waals surface area contributed by atoms with Crippen LogP contribution in [0.4, 0.5) is 4.39 Å². The van der Waals surface area contributed by atoms with Gasteiger partial charge in [-0.25, -0.2) is 4.39 Å². The first-order valence-corrected chi connectivity index (χ1v) is 7.86. The molecule has 2 heterocycles. The van der Waals surface area contributed by atoms with Crippen LogP contribution in [0.15, 0.2) is 61.1 Å². The lowest BCUT2D eigenvalue weighted by molar-refractivity contribution is 0.634. The van der Waals surface area contributed by atoms with Crippen molar-refractivity contribution in [2.45, 2.75) is 20.8 Å². The number of nitrogens with zero attached hydrogens (tertiary/aromatic N) is 2. The first kappa shape index (κ1) is 16.1. The summed E-state index contributed by atoms with van der Waals surface area (Å²) in [5, 5.41) is 2.72. The van der Waals surface area contributed by atoms with Gasteiger partial charge in [-0.15, -0.1) is 0 Å². The molecule has 24 heavy (non-hydrogen) atoms. The van der Waals surface area contributed by atoms with Gasteiger partial charge >= 0.3 is 0 Å². The van der Waals surface area contributed by atoms with Crippen molar-refractivity contribution in [2.24, 2.45) is 0 Å². The van der Waals surface area contributed by atoms with E-state index < -0.39 is 0 Å². The van der Waals surface area contributed by atoms with E-state index in [9.17, 15) is 4.39 Å². The summed E-state index contributed by atoms with van der Waals surface area (Å²) >= 11 is 0. The molecule has 3 heteroatoms. The zero-order valence-corrected chi connectivity index (χ0v) is 14.0. The predicted octanol–water partition coefficient (Wildman–Crippen LogP) is 5.53. The van der Waals surface area contributed by atoms with Gasteiger partial charge in [-0.1, -0.05) is 29.3 Å². The standard InChI is InChI=1S/C11H11N.C10H8FN/c1-8-3-4-11-10(5-8)6-9(2)7-12-11;1-7-2-3-8-5-12-6-10(11)9(8)4-7/h3-7H,1-2H3;2-6H,1H3. The average molecular weight is 318 g/mol. The van der Waals surface area contributed by atoms with Gasteiger partial charge in [0.25, 0.3) is 0 Å². The van der Waals surface area contributed by atoms with E-state index in [4.69, 9.17) is 0 Å². The molecule has 0 amide bonds. The van der Waals surface area contributed by atoms with Crippen LogP contribution >= 0.6 is 0 Å². The van der Waals surface area contributed by atoms with E-state index >= 15 is 0 Å². The molecule has 0 fully saturated rings. The summed E-state index contributed by atoms with van der Waals surface area (Å²) in [6.07, 6.45) is 4.80. The number of pyridine rings is 2. The maximum Gasteiger partial charge on any atom is 0.149 e. The van der Waals surface area contributed by atoms with E-state index in [1.54, 1.807) is 6.20 Å². The van der Waals surface area contributed by atoms with Crippen molar-refractivity contribution < 1.29 is 4.39 Å². The Balaban J connectivity index is 0.000000141. The van der Waals surface area contributed by atoms with Crippen molar-refractivity contribution >= 4 is 21.7 Å². The Morgan fingerprint density at radius 2 is 1.42 bits per heavy atom. The first-order valence-electron chi connectivity index (χ1n) is 7.86. The molecule has 4 aromatic rings. The summed E-state index contributed by atoms with van der Waals surface area (Å²) in [5.74, 6) is -0.254. The van der Waals surface area contributed by atoms with Gasteiger partial charge in [0.15, 0.2) is 0 Å². The van der Waals surface area contributed by atoms with Gasteiger partial charge in [0.05, 0.1) is 11.7 Å². The van der Waals surface area contributed by atoms with Crippen molar-refractivity contribution in [1.29, 1.82) is 0 Å². The van der Waals surface area contributed by atoms with Crippen LogP contribution in [0.2, 0.25) is 0 Å². The van der Waals surface area contributed by atoms with E-state index in [0.29, 0.717) is 5.39 Å². The summed E-state index contributed by atoms with van der Waals surface area (Å²) in [4.78, 5) is 8.09. The van der Waals surface area contributed by atoms with Crippen molar-refractivity contribution in [1.82, 2.24) is 9.97 Å². The van der Waals surface area contributed by atoms with E-state index in [0.717, 1.165) is 16.5 Å². The molecule has 0 N–H and O–H groups in total. The fourth-order valence-corrected chi connectivity index (χ4v) is 2.60. The van der Waals surface area contributed by atoms with Crippen molar-refractivity contribution in [2.75, 3.05) is 0 Å². The molecular formula is C21H19FN2. The van der Waals surface area contributed by atoms with E-state index in [1.807, 2.05) is 31.3 Å². The fraction of sp³-hybridized carbons (Fsp3) is 0.143. The van der Waals surface area contributed by atoms with Crippen LogP contribution in [0.3, 0.4) is 0 Å². The van der Waals surface area contributed by atoms with Crippen LogP contribution < -0.4 is 0 Å². The topological polar surface area (TPSA) is 25.8 Å². The first-order chi connectivity index (χ1) is 11.5. The molecule has 2 nitrogen and oxygen atoms in total. The number of aromatic nitrogens is 2. The number of hydrogen-bond acceptors (Lipinski definition) is 2. The number of rotatable bonds is 0. The molecule has 0 bridgehead atoms. The Labute approximate surface area is 141 Å². The molecule has 2 aromatic carbocycles. The highest BCUT2D eigenvalue weighted by Crippen LogP contribution is 2.17. The quantitative estimate of drug-likeness (QED) is 0.426. The van der Waals surface area contributed by atoms with Crippen LogP contribution in [0.1, 0.15) is 16.7 Å². The van der Waals surface area contributed by atoms with Crippen molar-refractivity contribution in [3.63, 3.8) is 0 Å². The SMILES string of the molecule is Cc1ccc2cncc(F)c2c1.Cc1ccc2ncc(C)cc2c1. The highest BCUT2D eigenvalue weighted by atomic mass is 19.1. The minimum absolute atomic E-state index is 0.254. The third-order valence-corrected chi connectivity index (χ3v) is 3.84. The van der Waals surface area contributed by atoms with E-state index in [1.165, 1.54) is 22.7 Å². The number of aryl methyl sites for hydroxylation is 3. The summed E-state index contributed by atoms with van der Waals surface area (Å²) in [6.45, 7) is 6.11. The lowest BCUT2D eigenvalue weighted by atomic mass is 10.1. The molecule has 0 atom stereocenters. The zero-order chi connectivity index (χ0) is 17.1. The monoisotopic (exact) mass is 318 g/mol. The molecule has 0 saturated carbocycles. The second kappa shape index (κ2) is 6.75. The van der Waals surface area contributed by atoms with Gasteiger partial charge in [0, 0.05) is 28.6 Å². The van der Waals surface area contributed by atoms with Crippen LogP contribution in [0, 0.1) is 26.6 Å². The molecule has 0 aliphatic heterocycles. The molecule has 4 rings (SSSR count). The molecule has 0 aliphatic rings. The Bertz CT molecular complexity index is 972. The number of hydrogen-bond donors (Lipinski definition) is 0. The van der Waals surface area contributed by atoms with Crippen LogP contribution in [-0.2, 0) is 0 Å². The van der Waals surface area contributed by atoms with Gasteiger partial charge in [-0.05, 0) is 50.6 Å². The molecule has 120 valence electrons. The van der Waals surface area contributed by atoms with Crippen LogP contribution in [-0.4, -0.2) is 9.97 Å². The maximum absolute atomic E-state index is 13.1. The van der Waals surface area contributed by atoms with Crippen molar-refractivity contribution in [3.05, 3.63) is 83.6 Å². The summed E-state index contributed by atoms with van der Waals surface area (Å²) in [5.41, 5.74) is 4.64. The lowest BCUT2D eigenvalue weighted by Crippen LogP contribution is -1.82. The normalized spacial score (nSPS) is 10.5. The van der Waals surface area contributed by atoms with Crippen molar-refractivity contribution in [3.8, 4) is 0 Å². The maximum atomic E-state index is 13.1. The highest BCUT2D eigenvalue weighted by Gasteiger charge is 1.99. The van der Waals surface area contributed by atoms with Crippen LogP contribution in [0.25, 0.3) is 21.7 Å². The smallest absolute Gasteiger partial charge is 0.149 e. The third-order valence-electron chi connectivity index (χ3n) is 3.84. The fourth-order valence-electron chi connectivity index (χ4n) is 2.60. The van der Waals surface area contributed by atoms with E-state index in [2.05, 4.69) is 48.1 Å². The highest BCUT2D eigenvalue weighted by molar-refractivity contribution is 5.82. The summed E-state index contributed by atoms with van der Waals surface area (Å²) in [7, 11) is 0. The van der Waals surface area contributed by atoms with Gasteiger partial charge in [0.2, 0.25) is 0 Å². The van der Waals surface area contributed by atoms with Gasteiger partial charge in [-0.2, -0.15) is 0 Å². The molecule has 0 saturated heterocycles. The minimum atomic E-state index is -0.254. The van der Waals surface area contributed by atoms with E-state index in [-0.39, 0.29) is 5.82 Å². The Morgan fingerprint density at radius 1 is 0.708 bits per heavy atom.